The zero-order valence-corrected chi connectivity index (χ0v) is 17.8. The monoisotopic (exact) mass is 414 g/mol. The molecule has 2 atom stereocenters. The van der Waals surface area contributed by atoms with E-state index in [1.807, 2.05) is 18.2 Å². The highest BCUT2D eigenvalue weighted by Gasteiger charge is 2.32. The van der Waals surface area contributed by atoms with Crippen LogP contribution in [0.25, 0.3) is 23.3 Å². The van der Waals surface area contributed by atoms with Gasteiger partial charge in [0.1, 0.15) is 5.82 Å². The maximum atomic E-state index is 13.6. The lowest BCUT2D eigenvalue weighted by atomic mass is 9.70. The molecule has 0 aliphatic heterocycles. The fraction of sp³-hybridized carbons (Fsp3) is 0.129. The molecule has 6 rings (SSSR count). The summed E-state index contributed by atoms with van der Waals surface area (Å²) in [6, 6.07) is 24.3. The highest BCUT2D eigenvalue weighted by atomic mass is 19.1. The first kappa shape index (κ1) is 19.0. The summed E-state index contributed by atoms with van der Waals surface area (Å²) < 4.78 is 13.6. The van der Waals surface area contributed by atoms with E-state index in [4.69, 9.17) is 0 Å². The largest absolute Gasteiger partial charge is 0.207 e. The van der Waals surface area contributed by atoms with Gasteiger partial charge in [0.25, 0.3) is 0 Å². The van der Waals surface area contributed by atoms with Gasteiger partial charge in [-0.25, -0.2) is 4.39 Å². The van der Waals surface area contributed by atoms with E-state index < -0.39 is 0 Å². The summed E-state index contributed by atoms with van der Waals surface area (Å²) in [7, 11) is 0. The van der Waals surface area contributed by atoms with E-state index in [1.54, 1.807) is 12.1 Å². The molecule has 32 heavy (non-hydrogen) atoms. The quantitative estimate of drug-likeness (QED) is 0.462. The number of hydrogen-bond acceptors (Lipinski definition) is 0. The van der Waals surface area contributed by atoms with E-state index in [0.717, 1.165) is 24.0 Å². The molecule has 0 nitrogen and oxygen atoms in total. The molecule has 0 fully saturated rings. The van der Waals surface area contributed by atoms with Crippen LogP contribution >= 0.6 is 0 Å². The molecule has 0 amide bonds. The van der Waals surface area contributed by atoms with Crippen molar-refractivity contribution in [3.8, 4) is 0 Å². The Labute approximate surface area is 187 Å². The summed E-state index contributed by atoms with van der Waals surface area (Å²) in [4.78, 5) is 0. The molecule has 3 aliphatic rings. The summed E-state index contributed by atoms with van der Waals surface area (Å²) in [6.07, 6.45) is 13.1. The van der Waals surface area contributed by atoms with E-state index in [-0.39, 0.29) is 11.7 Å². The van der Waals surface area contributed by atoms with Crippen molar-refractivity contribution in [2.75, 3.05) is 0 Å². The highest BCUT2D eigenvalue weighted by molar-refractivity contribution is 5.86. The fourth-order valence-electron chi connectivity index (χ4n) is 5.40. The first-order valence-electron chi connectivity index (χ1n) is 11.3. The van der Waals surface area contributed by atoms with E-state index in [1.165, 1.54) is 32.7 Å². The fourth-order valence-corrected chi connectivity index (χ4v) is 5.40. The number of benzene rings is 3. The molecule has 0 heterocycles. The second-order valence-corrected chi connectivity index (χ2v) is 8.72. The third kappa shape index (κ3) is 3.23. The molecule has 3 aromatic carbocycles. The average molecular weight is 415 g/mol. The predicted molar refractivity (Wildman–Crippen MR) is 130 cm³/mol. The van der Waals surface area contributed by atoms with Gasteiger partial charge in [0.2, 0.25) is 0 Å². The molecule has 154 valence electrons. The molecule has 0 radical (unpaired) electrons. The topological polar surface area (TPSA) is 0 Å². The normalized spacial score (nSPS) is 20.8. The van der Waals surface area contributed by atoms with Crippen molar-refractivity contribution in [2.45, 2.75) is 12.8 Å². The van der Waals surface area contributed by atoms with E-state index >= 15 is 0 Å². The molecule has 0 saturated heterocycles. The van der Waals surface area contributed by atoms with Crippen molar-refractivity contribution in [1.29, 1.82) is 0 Å². The Hall–Kier alpha value is -3.67. The van der Waals surface area contributed by atoms with Crippen LogP contribution in [0.5, 0.6) is 0 Å². The van der Waals surface area contributed by atoms with Crippen LogP contribution in [0.15, 0.2) is 102 Å². The number of rotatable bonds is 2. The van der Waals surface area contributed by atoms with Crippen molar-refractivity contribution in [3.63, 3.8) is 0 Å². The second kappa shape index (κ2) is 7.79. The van der Waals surface area contributed by atoms with Gasteiger partial charge < -0.3 is 0 Å². The Morgan fingerprint density at radius 2 is 1.62 bits per heavy atom. The Bertz CT molecular complexity index is 1460. The molecule has 2 unspecified atom stereocenters. The van der Waals surface area contributed by atoms with Crippen molar-refractivity contribution >= 4 is 23.3 Å². The summed E-state index contributed by atoms with van der Waals surface area (Å²) in [5.74, 6) is 0.313. The van der Waals surface area contributed by atoms with Gasteiger partial charge in [0.15, 0.2) is 0 Å². The van der Waals surface area contributed by atoms with E-state index in [2.05, 4.69) is 78.6 Å². The van der Waals surface area contributed by atoms with Crippen LogP contribution in [0, 0.1) is 17.7 Å². The summed E-state index contributed by atoms with van der Waals surface area (Å²) in [5.41, 5.74) is 11.2. The molecular weight excluding hydrogens is 391 g/mol. The summed E-state index contributed by atoms with van der Waals surface area (Å²) in [6.45, 7) is 0. The number of fused-ring (bicyclic) bond motifs is 3. The lowest BCUT2D eigenvalue weighted by Gasteiger charge is -2.33. The van der Waals surface area contributed by atoms with Gasteiger partial charge in [-0.15, -0.1) is 5.73 Å². The third-order valence-electron chi connectivity index (χ3n) is 6.87. The van der Waals surface area contributed by atoms with Gasteiger partial charge in [-0.05, 0) is 69.3 Å². The van der Waals surface area contributed by atoms with Crippen LogP contribution in [-0.2, 0) is 6.42 Å². The lowest BCUT2D eigenvalue weighted by Crippen LogP contribution is -2.30. The molecule has 0 aromatic heterocycles. The van der Waals surface area contributed by atoms with Gasteiger partial charge in [0, 0.05) is 17.4 Å². The van der Waals surface area contributed by atoms with Crippen LogP contribution in [0.4, 0.5) is 4.39 Å². The van der Waals surface area contributed by atoms with Crippen LogP contribution in [-0.4, -0.2) is 0 Å². The minimum atomic E-state index is -0.207. The Kier molecular flexibility index (Phi) is 4.63. The summed E-state index contributed by atoms with van der Waals surface area (Å²) in [5, 5.41) is 2.63. The molecule has 0 bridgehead atoms. The zero-order chi connectivity index (χ0) is 21.5. The Balaban J connectivity index is 1.56. The smallest absolute Gasteiger partial charge is 0.123 e. The van der Waals surface area contributed by atoms with Crippen molar-refractivity contribution in [3.05, 3.63) is 135 Å². The highest BCUT2D eigenvalue weighted by Crippen LogP contribution is 2.46. The van der Waals surface area contributed by atoms with Crippen molar-refractivity contribution in [1.82, 2.24) is 0 Å². The number of halogens is 1. The number of hydrogen-bond donors (Lipinski definition) is 0. The predicted octanol–water partition coefficient (Wildman–Crippen LogP) is 5.84. The van der Waals surface area contributed by atoms with Gasteiger partial charge in [-0.1, -0.05) is 85.0 Å². The van der Waals surface area contributed by atoms with Gasteiger partial charge >= 0.3 is 0 Å². The third-order valence-corrected chi connectivity index (χ3v) is 6.87. The van der Waals surface area contributed by atoms with Crippen LogP contribution in [0.3, 0.4) is 0 Å². The molecule has 3 aromatic rings. The van der Waals surface area contributed by atoms with Gasteiger partial charge in [0.05, 0.1) is 0 Å². The van der Waals surface area contributed by atoms with Crippen LogP contribution in [0.1, 0.15) is 23.1 Å². The van der Waals surface area contributed by atoms with Crippen molar-refractivity contribution < 1.29 is 4.39 Å². The summed E-state index contributed by atoms with van der Waals surface area (Å²) >= 11 is 0. The molecule has 0 saturated carbocycles. The van der Waals surface area contributed by atoms with Crippen LogP contribution in [0.2, 0.25) is 0 Å². The standard InChI is InChI=1S/C31H23F/c32-26-17-15-22(16-18-26)27-10-5-6-12-29-30(27)20-24-9-3-4-11-28(24)31(29)25-14-13-21-7-1-2-8-23(21)19-25/h1-9,11-13,15-19,25,30H,14,20H2. The molecule has 1 heteroatoms. The first-order chi connectivity index (χ1) is 15.8. The van der Waals surface area contributed by atoms with Crippen LogP contribution < -0.4 is 10.4 Å². The maximum absolute atomic E-state index is 13.6. The average Bonchev–Trinajstić information content (AvgIpc) is 3.05. The first-order valence-corrected chi connectivity index (χ1v) is 11.3. The molecule has 0 spiro atoms. The SMILES string of the molecule is Fc1ccc(C2=C=CC=CC3=C(C4C=c5ccccc5=CC4)c4ccccc4CC23)cc1. The Morgan fingerprint density at radius 1 is 0.844 bits per heavy atom. The van der Waals surface area contributed by atoms with E-state index in [0.29, 0.717) is 5.92 Å². The van der Waals surface area contributed by atoms with Crippen molar-refractivity contribution in [2.24, 2.45) is 11.8 Å². The minimum Gasteiger partial charge on any atom is -0.207 e. The zero-order valence-electron chi connectivity index (χ0n) is 17.8. The number of allylic oxidation sites excluding steroid dienone is 5. The Morgan fingerprint density at radius 3 is 2.50 bits per heavy atom. The second-order valence-electron chi connectivity index (χ2n) is 8.72. The molecule has 0 N–H and O–H groups in total. The lowest BCUT2D eigenvalue weighted by molar-refractivity contribution is 0.627. The molecule has 3 aliphatic carbocycles. The molecular formula is C31H23F. The van der Waals surface area contributed by atoms with E-state index in [9.17, 15) is 4.39 Å². The van der Waals surface area contributed by atoms with Gasteiger partial charge in [-0.2, -0.15) is 0 Å². The van der Waals surface area contributed by atoms with Gasteiger partial charge in [-0.3, -0.25) is 0 Å². The maximum Gasteiger partial charge on any atom is 0.123 e. The minimum absolute atomic E-state index is 0.200.